The lowest BCUT2D eigenvalue weighted by Gasteiger charge is -2.03. The molecule has 0 radical (unpaired) electrons. The van der Waals surface area contributed by atoms with Gasteiger partial charge in [0.1, 0.15) is 0 Å². The van der Waals surface area contributed by atoms with Gasteiger partial charge in [-0.05, 0) is 29.8 Å². The molecule has 0 aliphatic rings. The fraction of sp³-hybridized carbons (Fsp3) is 0.154. The summed E-state index contributed by atoms with van der Waals surface area (Å²) in [6, 6.07) is 10.6. The number of hydrogen-bond donors (Lipinski definition) is 1. The summed E-state index contributed by atoms with van der Waals surface area (Å²) in [5, 5.41) is 0. The van der Waals surface area contributed by atoms with Crippen LogP contribution in [-0.2, 0) is 22.3 Å². The van der Waals surface area contributed by atoms with Gasteiger partial charge in [-0.3, -0.25) is 9.00 Å². The Morgan fingerprint density at radius 1 is 1.26 bits per heavy atom. The van der Waals surface area contributed by atoms with Gasteiger partial charge in [-0.15, -0.1) is 11.3 Å². The van der Waals surface area contributed by atoms with E-state index in [0.717, 1.165) is 10.4 Å². The van der Waals surface area contributed by atoms with Crippen LogP contribution in [0.5, 0.6) is 0 Å². The van der Waals surface area contributed by atoms with Crippen LogP contribution >= 0.6 is 22.9 Å². The molecule has 0 saturated carbocycles. The van der Waals surface area contributed by atoms with Gasteiger partial charge in [-0.2, -0.15) is 0 Å². The van der Waals surface area contributed by atoms with Crippen LogP contribution in [0.25, 0.3) is 0 Å². The van der Waals surface area contributed by atoms with E-state index in [9.17, 15) is 9.00 Å². The Morgan fingerprint density at radius 2 is 2.05 bits per heavy atom. The molecule has 1 heterocycles. The monoisotopic (exact) mass is 313 g/mol. The van der Waals surface area contributed by atoms with Crippen LogP contribution in [0.15, 0.2) is 36.4 Å². The van der Waals surface area contributed by atoms with Gasteiger partial charge in [0.2, 0.25) is 5.91 Å². The Balaban J connectivity index is 2.02. The molecule has 2 N–H and O–H groups in total. The number of halogens is 1. The van der Waals surface area contributed by atoms with Gasteiger partial charge < -0.3 is 5.73 Å². The number of hydrogen-bond acceptors (Lipinski definition) is 3. The molecule has 0 fully saturated rings. The summed E-state index contributed by atoms with van der Waals surface area (Å²) in [6.07, 6.45) is 0. The highest BCUT2D eigenvalue weighted by atomic mass is 35.5. The van der Waals surface area contributed by atoms with Crippen LogP contribution in [0.3, 0.4) is 0 Å². The highest BCUT2D eigenvalue weighted by molar-refractivity contribution is 7.83. The summed E-state index contributed by atoms with van der Waals surface area (Å²) in [7, 11) is -1.03. The molecule has 1 amide bonds. The van der Waals surface area contributed by atoms with Gasteiger partial charge in [0.25, 0.3) is 0 Å². The van der Waals surface area contributed by atoms with Crippen LogP contribution in [-0.4, -0.2) is 10.1 Å². The largest absolute Gasteiger partial charge is 0.366 e. The van der Waals surface area contributed by atoms with Crippen molar-refractivity contribution in [3.63, 3.8) is 0 Å². The molecule has 100 valence electrons. The minimum atomic E-state index is -1.03. The summed E-state index contributed by atoms with van der Waals surface area (Å²) in [5.41, 5.74) is 6.50. The van der Waals surface area contributed by atoms with Crippen molar-refractivity contribution < 1.29 is 9.00 Å². The average Bonchev–Trinajstić information content (AvgIpc) is 2.74. The number of amides is 1. The lowest BCUT2D eigenvalue weighted by Crippen LogP contribution is -2.11. The minimum absolute atomic E-state index is 0.399. The van der Waals surface area contributed by atoms with E-state index in [2.05, 4.69) is 0 Å². The zero-order valence-corrected chi connectivity index (χ0v) is 12.4. The lowest BCUT2D eigenvalue weighted by molar-refractivity contribution is 0.1000. The molecule has 1 aromatic carbocycles. The van der Waals surface area contributed by atoms with E-state index in [1.807, 2.05) is 12.1 Å². The van der Waals surface area contributed by atoms with Gasteiger partial charge in [0.05, 0.1) is 10.1 Å². The van der Waals surface area contributed by atoms with Gasteiger partial charge in [-0.25, -0.2) is 0 Å². The highest BCUT2D eigenvalue weighted by Gasteiger charge is 2.07. The smallest absolute Gasteiger partial charge is 0.248 e. The maximum absolute atomic E-state index is 12.0. The molecular weight excluding hydrogens is 302 g/mol. The van der Waals surface area contributed by atoms with Crippen molar-refractivity contribution in [3.05, 3.63) is 56.7 Å². The molecule has 2 rings (SSSR count). The fourth-order valence-electron chi connectivity index (χ4n) is 1.64. The predicted molar refractivity (Wildman–Crippen MR) is 79.8 cm³/mol. The van der Waals surface area contributed by atoms with Crippen LogP contribution in [0, 0.1) is 0 Å². The number of nitrogens with two attached hydrogens (primary N) is 1. The maximum Gasteiger partial charge on any atom is 0.248 e. The summed E-state index contributed by atoms with van der Waals surface area (Å²) >= 11 is 7.26. The number of benzene rings is 1. The van der Waals surface area contributed by atoms with Gasteiger partial charge >= 0.3 is 0 Å². The number of primary amides is 1. The Morgan fingerprint density at radius 3 is 2.68 bits per heavy atom. The second-order valence-corrected chi connectivity index (χ2v) is 7.26. The zero-order valence-electron chi connectivity index (χ0n) is 9.97. The summed E-state index contributed by atoms with van der Waals surface area (Å²) in [4.78, 5) is 12.1. The van der Waals surface area contributed by atoms with Crippen molar-refractivity contribution in [2.24, 2.45) is 5.73 Å². The van der Waals surface area contributed by atoms with Gasteiger partial charge in [0.15, 0.2) is 0 Å². The maximum atomic E-state index is 12.0. The molecule has 6 heteroatoms. The summed E-state index contributed by atoms with van der Waals surface area (Å²) in [6.45, 7) is 0. The van der Waals surface area contributed by atoms with Crippen molar-refractivity contribution in [1.82, 2.24) is 0 Å². The molecule has 3 nitrogen and oxygen atoms in total. The number of carbonyl (C=O) groups is 1. The molecule has 0 aliphatic carbocycles. The van der Waals surface area contributed by atoms with Crippen molar-refractivity contribution in [3.8, 4) is 0 Å². The van der Waals surface area contributed by atoms with E-state index < -0.39 is 16.7 Å². The van der Waals surface area contributed by atoms with E-state index in [-0.39, 0.29) is 0 Å². The van der Waals surface area contributed by atoms with E-state index in [1.54, 1.807) is 24.3 Å². The number of carbonyl (C=O) groups excluding carboxylic acids is 1. The van der Waals surface area contributed by atoms with Crippen molar-refractivity contribution in [1.29, 1.82) is 0 Å². The first kappa shape index (κ1) is 14.2. The second-order valence-electron chi connectivity index (χ2n) is 4.00. The van der Waals surface area contributed by atoms with Gasteiger partial charge in [0, 0.05) is 27.0 Å². The van der Waals surface area contributed by atoms with E-state index in [1.165, 1.54) is 11.3 Å². The van der Waals surface area contributed by atoms with E-state index in [0.29, 0.717) is 21.4 Å². The highest BCUT2D eigenvalue weighted by Crippen LogP contribution is 2.23. The predicted octanol–water partition coefficient (Wildman–Crippen LogP) is 2.95. The quantitative estimate of drug-likeness (QED) is 0.922. The van der Waals surface area contributed by atoms with Crippen LogP contribution in [0.2, 0.25) is 4.34 Å². The Kier molecular flexibility index (Phi) is 4.74. The molecule has 1 aromatic heterocycles. The molecule has 0 saturated heterocycles. The molecule has 0 spiro atoms. The SMILES string of the molecule is NC(=O)c1cccc(C[S@](=O)Cc2ccc(Cl)s2)c1. The van der Waals surface area contributed by atoms with Crippen molar-refractivity contribution in [2.45, 2.75) is 11.5 Å². The molecule has 0 aliphatic heterocycles. The summed E-state index contributed by atoms with van der Waals surface area (Å²) < 4.78 is 12.7. The lowest BCUT2D eigenvalue weighted by atomic mass is 10.1. The number of thiophene rings is 1. The van der Waals surface area contributed by atoms with Crippen LogP contribution in [0.4, 0.5) is 0 Å². The third kappa shape index (κ3) is 4.16. The number of rotatable bonds is 5. The van der Waals surface area contributed by atoms with Crippen molar-refractivity contribution in [2.75, 3.05) is 0 Å². The molecule has 0 unspecified atom stereocenters. The molecule has 2 aromatic rings. The first-order chi connectivity index (χ1) is 9.04. The minimum Gasteiger partial charge on any atom is -0.366 e. The van der Waals surface area contributed by atoms with Crippen LogP contribution in [0.1, 0.15) is 20.8 Å². The average molecular weight is 314 g/mol. The molecule has 19 heavy (non-hydrogen) atoms. The summed E-state index contributed by atoms with van der Waals surface area (Å²) in [5.74, 6) is 0.395. The fourth-order valence-corrected chi connectivity index (χ4v) is 4.22. The standard InChI is InChI=1S/C13H12ClNO2S2/c14-12-5-4-11(18-12)8-19(17)7-9-2-1-3-10(6-9)13(15)16/h1-6H,7-8H2,(H2,15,16)/t19-/m0/s1. The zero-order chi connectivity index (χ0) is 13.8. The first-order valence-corrected chi connectivity index (χ1v) is 8.21. The second kappa shape index (κ2) is 6.32. The van der Waals surface area contributed by atoms with Crippen LogP contribution < -0.4 is 5.73 Å². The molecule has 0 bridgehead atoms. The van der Waals surface area contributed by atoms with E-state index in [4.69, 9.17) is 17.3 Å². The topological polar surface area (TPSA) is 60.2 Å². The Bertz CT molecular complexity index is 625. The normalized spacial score (nSPS) is 12.3. The van der Waals surface area contributed by atoms with E-state index >= 15 is 0 Å². The molecular formula is C13H12ClNO2S2. The van der Waals surface area contributed by atoms with Gasteiger partial charge in [-0.1, -0.05) is 23.7 Å². The molecule has 1 atom stereocenters. The Hall–Kier alpha value is -1.17. The first-order valence-electron chi connectivity index (χ1n) is 5.52. The third-order valence-electron chi connectivity index (χ3n) is 2.47. The third-order valence-corrected chi connectivity index (χ3v) is 5.17. The van der Waals surface area contributed by atoms with Crippen molar-refractivity contribution >= 4 is 39.6 Å². The Labute approximate surface area is 122 Å².